The zero-order valence-electron chi connectivity index (χ0n) is 11.7. The van der Waals surface area contributed by atoms with Crippen LogP contribution in [0.15, 0.2) is 0 Å². The Morgan fingerprint density at radius 3 is 2.83 bits per heavy atom. The van der Waals surface area contributed by atoms with Gasteiger partial charge in [0.15, 0.2) is 0 Å². The summed E-state index contributed by atoms with van der Waals surface area (Å²) in [4.78, 5) is 14.2. The van der Waals surface area contributed by atoms with Crippen LogP contribution in [0.4, 0.5) is 0 Å². The lowest BCUT2D eigenvalue weighted by atomic mass is 10.0. The molecule has 3 atom stereocenters. The molecule has 2 aliphatic rings. The smallest absolute Gasteiger partial charge is 0.240 e. The van der Waals surface area contributed by atoms with Crippen molar-refractivity contribution in [3.05, 3.63) is 0 Å². The van der Waals surface area contributed by atoms with E-state index in [4.69, 9.17) is 9.47 Å². The molecular weight excluding hydrogens is 232 g/mol. The van der Waals surface area contributed by atoms with E-state index in [0.717, 1.165) is 6.42 Å². The second-order valence-corrected chi connectivity index (χ2v) is 5.73. The van der Waals surface area contributed by atoms with E-state index < -0.39 is 0 Å². The molecule has 2 fully saturated rings. The molecule has 2 heterocycles. The van der Waals surface area contributed by atoms with Gasteiger partial charge >= 0.3 is 0 Å². The number of carbonyl (C=O) groups is 1. The van der Waals surface area contributed by atoms with Crippen molar-refractivity contribution in [1.82, 2.24) is 10.2 Å². The first kappa shape index (κ1) is 13.8. The predicted octanol–water partition coefficient (Wildman–Crippen LogP) is 0.594. The second kappa shape index (κ2) is 5.15. The molecule has 0 aromatic rings. The minimum atomic E-state index is -0.325. The van der Waals surface area contributed by atoms with Crippen LogP contribution in [0.2, 0.25) is 0 Å². The predicted molar refractivity (Wildman–Crippen MR) is 68.1 cm³/mol. The number of rotatable bonds is 4. The number of nitrogens with one attached hydrogen (secondary N) is 1. The quantitative estimate of drug-likeness (QED) is 0.800. The van der Waals surface area contributed by atoms with Gasteiger partial charge in [0.05, 0.1) is 25.4 Å². The lowest BCUT2D eigenvalue weighted by Gasteiger charge is -2.35. The van der Waals surface area contributed by atoms with E-state index in [0.29, 0.717) is 25.7 Å². The van der Waals surface area contributed by atoms with Crippen molar-refractivity contribution in [2.75, 3.05) is 26.9 Å². The van der Waals surface area contributed by atoms with Crippen molar-refractivity contribution < 1.29 is 14.3 Å². The highest BCUT2D eigenvalue weighted by molar-refractivity contribution is 5.84. The highest BCUT2D eigenvalue weighted by Crippen LogP contribution is 2.27. The fourth-order valence-corrected chi connectivity index (χ4v) is 2.78. The highest BCUT2D eigenvalue weighted by atomic mass is 16.5. The maximum Gasteiger partial charge on any atom is 0.240 e. The molecule has 18 heavy (non-hydrogen) atoms. The average Bonchev–Trinajstić information content (AvgIpc) is 2.90. The van der Waals surface area contributed by atoms with Gasteiger partial charge in [-0.15, -0.1) is 0 Å². The summed E-state index contributed by atoms with van der Waals surface area (Å²) in [5.41, 5.74) is -0.325. The Morgan fingerprint density at radius 2 is 2.33 bits per heavy atom. The number of methoxy groups -OCH3 is 1. The summed E-state index contributed by atoms with van der Waals surface area (Å²) < 4.78 is 11.1. The third-order valence-corrected chi connectivity index (χ3v) is 4.00. The molecule has 1 N–H and O–H groups in total. The molecule has 0 aromatic carbocycles. The molecule has 0 saturated carbocycles. The van der Waals surface area contributed by atoms with Crippen molar-refractivity contribution in [2.24, 2.45) is 5.92 Å². The van der Waals surface area contributed by atoms with E-state index >= 15 is 0 Å². The van der Waals surface area contributed by atoms with E-state index in [1.165, 1.54) is 0 Å². The Hall–Kier alpha value is -0.650. The Balaban J connectivity index is 2.12. The Morgan fingerprint density at radius 1 is 1.61 bits per heavy atom. The number of ether oxygens (including phenoxy) is 2. The van der Waals surface area contributed by atoms with Crippen LogP contribution in [-0.4, -0.2) is 55.5 Å². The first-order valence-corrected chi connectivity index (χ1v) is 6.68. The molecule has 2 rings (SSSR count). The summed E-state index contributed by atoms with van der Waals surface area (Å²) in [5, 5.41) is 3.35. The molecular formula is C13H24N2O3. The van der Waals surface area contributed by atoms with E-state index in [9.17, 15) is 4.79 Å². The van der Waals surface area contributed by atoms with Crippen LogP contribution in [0, 0.1) is 5.92 Å². The van der Waals surface area contributed by atoms with Gasteiger partial charge in [-0.25, -0.2) is 0 Å². The number of hydrogen-bond acceptors (Lipinski definition) is 4. The molecule has 3 unspecified atom stereocenters. The monoisotopic (exact) mass is 256 g/mol. The molecule has 0 aromatic heterocycles. The second-order valence-electron chi connectivity index (χ2n) is 5.73. The molecule has 5 nitrogen and oxygen atoms in total. The fourth-order valence-electron chi connectivity index (χ4n) is 2.78. The highest BCUT2D eigenvalue weighted by Gasteiger charge is 2.44. The van der Waals surface area contributed by atoms with Crippen molar-refractivity contribution >= 4 is 5.91 Å². The maximum atomic E-state index is 12.2. The van der Waals surface area contributed by atoms with Gasteiger partial charge in [-0.1, -0.05) is 13.8 Å². The first-order valence-electron chi connectivity index (χ1n) is 6.68. The van der Waals surface area contributed by atoms with Crippen LogP contribution < -0.4 is 5.32 Å². The van der Waals surface area contributed by atoms with Crippen molar-refractivity contribution in [1.29, 1.82) is 0 Å². The van der Waals surface area contributed by atoms with Crippen LogP contribution in [0.5, 0.6) is 0 Å². The van der Waals surface area contributed by atoms with Gasteiger partial charge in [-0.05, 0) is 12.8 Å². The summed E-state index contributed by atoms with van der Waals surface area (Å²) >= 11 is 0. The maximum absolute atomic E-state index is 12.2. The largest absolute Gasteiger partial charge is 0.378 e. The normalized spacial score (nSPS) is 36.9. The van der Waals surface area contributed by atoms with Crippen LogP contribution in [0.3, 0.4) is 0 Å². The Kier molecular flexibility index (Phi) is 3.94. The van der Waals surface area contributed by atoms with Gasteiger partial charge in [0.2, 0.25) is 5.91 Å². The van der Waals surface area contributed by atoms with E-state index in [2.05, 4.69) is 19.2 Å². The molecule has 0 radical (unpaired) electrons. The summed E-state index contributed by atoms with van der Waals surface area (Å²) in [6.45, 7) is 8.07. The van der Waals surface area contributed by atoms with Crippen LogP contribution in [0.1, 0.15) is 27.2 Å². The average molecular weight is 256 g/mol. The van der Waals surface area contributed by atoms with Crippen LogP contribution >= 0.6 is 0 Å². The third-order valence-electron chi connectivity index (χ3n) is 4.00. The van der Waals surface area contributed by atoms with Crippen molar-refractivity contribution in [3.8, 4) is 0 Å². The van der Waals surface area contributed by atoms with E-state index in [1.807, 2.05) is 11.8 Å². The Bertz CT molecular complexity index is 313. The number of hydrogen-bond donors (Lipinski definition) is 1. The zero-order valence-corrected chi connectivity index (χ0v) is 11.7. The lowest BCUT2D eigenvalue weighted by Crippen LogP contribution is -2.51. The molecule has 0 spiro atoms. The van der Waals surface area contributed by atoms with Crippen molar-refractivity contribution in [2.45, 2.75) is 45.0 Å². The summed E-state index contributed by atoms with van der Waals surface area (Å²) in [6.07, 6.45) is 0.951. The Labute approximate surface area is 109 Å². The summed E-state index contributed by atoms with van der Waals surface area (Å²) in [5.74, 6) is 0.548. The molecule has 104 valence electrons. The molecule has 0 bridgehead atoms. The minimum absolute atomic E-state index is 0.0973. The number of carbonyl (C=O) groups excluding carboxylic acids is 1. The molecule has 0 aliphatic carbocycles. The SMILES string of the molecule is COC1(CN2C(=O)C(C)NC2C(C)C)CCOC1. The number of amides is 1. The van der Waals surface area contributed by atoms with Gasteiger partial charge in [0, 0.05) is 20.1 Å². The van der Waals surface area contributed by atoms with Gasteiger partial charge in [0.25, 0.3) is 0 Å². The zero-order chi connectivity index (χ0) is 13.3. The first-order chi connectivity index (χ1) is 8.49. The van der Waals surface area contributed by atoms with Crippen LogP contribution in [-0.2, 0) is 14.3 Å². The molecule has 1 amide bonds. The molecule has 2 saturated heterocycles. The van der Waals surface area contributed by atoms with E-state index in [-0.39, 0.29) is 23.7 Å². The molecule has 2 aliphatic heterocycles. The standard InChI is InChI=1S/C13H24N2O3/c1-9(2)11-14-10(3)12(16)15(11)7-13(17-4)5-6-18-8-13/h9-11,14H,5-8H2,1-4H3. The van der Waals surface area contributed by atoms with Gasteiger partial charge in [-0.2, -0.15) is 0 Å². The number of nitrogens with zero attached hydrogens (tertiary/aromatic N) is 1. The van der Waals surface area contributed by atoms with Gasteiger partial charge < -0.3 is 14.4 Å². The summed E-state index contributed by atoms with van der Waals surface area (Å²) in [6, 6.07) is -0.103. The topological polar surface area (TPSA) is 50.8 Å². The fraction of sp³-hybridized carbons (Fsp3) is 0.923. The molecule has 5 heteroatoms. The summed E-state index contributed by atoms with van der Waals surface area (Å²) in [7, 11) is 1.70. The third kappa shape index (κ3) is 2.39. The van der Waals surface area contributed by atoms with Crippen LogP contribution in [0.25, 0.3) is 0 Å². The minimum Gasteiger partial charge on any atom is -0.378 e. The van der Waals surface area contributed by atoms with Gasteiger partial charge in [-0.3, -0.25) is 10.1 Å². The van der Waals surface area contributed by atoms with Crippen molar-refractivity contribution in [3.63, 3.8) is 0 Å². The lowest BCUT2D eigenvalue weighted by molar-refractivity contribution is -0.135. The van der Waals surface area contributed by atoms with Gasteiger partial charge in [0.1, 0.15) is 5.60 Å². The van der Waals surface area contributed by atoms with E-state index in [1.54, 1.807) is 7.11 Å².